The van der Waals surface area contributed by atoms with Crippen molar-refractivity contribution in [3.8, 4) is 0 Å². The SMILES string of the molecule is CCOCCOCCNC(=O)CCOCC(COCCC(=O)NCCOCCOC1CC(OC(C)=O)C(OC=O)C(COC(C)=O)O1)(COCCC(=O)NCCOCCOC1O[C@H](COC(C)=O)C(OC(C)=O)C(OC(C)=O)[C@@H]1NC(C)=O)NC(=O)CCOCCOCCNC. The molecule has 0 aromatic rings. The fourth-order valence-corrected chi connectivity index (χ4v) is 8.97. The molecule has 0 aliphatic carbocycles. The number of esters is 5. The molecule has 0 radical (unpaired) electrons. The van der Waals surface area contributed by atoms with E-state index in [4.69, 9.17) is 90.0 Å². The number of amides is 5. The maximum Gasteiger partial charge on any atom is 0.303 e. The molecule has 10 atom stereocenters. The molecule has 2 aliphatic rings. The number of carbonyl (C=O) groups is 11. The molecule has 36 heteroatoms. The molecule has 5 amide bonds. The van der Waals surface area contributed by atoms with E-state index in [0.717, 1.165) is 20.8 Å². The lowest BCUT2D eigenvalue weighted by molar-refractivity contribution is -0.279. The maximum atomic E-state index is 13.6. The number of rotatable bonds is 56. The molecular weight excluding hydrogens is 1280 g/mol. The molecule has 0 aromatic carbocycles. The van der Waals surface area contributed by atoms with Crippen LogP contribution in [0, 0.1) is 0 Å². The van der Waals surface area contributed by atoms with Gasteiger partial charge in [-0.15, -0.1) is 0 Å². The Balaban J connectivity index is 2.07. The lowest BCUT2D eigenvalue weighted by Crippen LogP contribution is -2.66. The molecule has 2 fully saturated rings. The minimum Gasteiger partial charge on any atom is -0.463 e. The van der Waals surface area contributed by atoms with Crippen molar-refractivity contribution in [3.63, 3.8) is 0 Å². The first-order chi connectivity index (χ1) is 46.1. The highest BCUT2D eigenvalue weighted by Crippen LogP contribution is 2.29. The highest BCUT2D eigenvalue weighted by Gasteiger charge is 2.51. The number of carbonyl (C=O) groups excluding carboxylic acids is 11. The van der Waals surface area contributed by atoms with Gasteiger partial charge in [-0.2, -0.15) is 0 Å². The highest BCUT2D eigenvalue weighted by atomic mass is 16.7. The largest absolute Gasteiger partial charge is 0.463 e. The van der Waals surface area contributed by atoms with Gasteiger partial charge in [-0.05, 0) is 14.0 Å². The Morgan fingerprint density at radius 3 is 1.34 bits per heavy atom. The fraction of sp³-hybridized carbons (Fsp3) is 0.817. The number of hydrogen-bond acceptors (Lipinski definition) is 31. The van der Waals surface area contributed by atoms with Crippen LogP contribution in [0.3, 0.4) is 0 Å². The number of hydrogen-bond donors (Lipinski definition) is 6. The van der Waals surface area contributed by atoms with Crippen LogP contribution in [-0.4, -0.2) is 305 Å². The second-order valence-electron chi connectivity index (χ2n) is 21.3. The number of likely N-dealkylation sites (N-methyl/N-ethyl adjacent to an activating group) is 1. The van der Waals surface area contributed by atoms with Gasteiger partial charge in [-0.25, -0.2) is 0 Å². The summed E-state index contributed by atoms with van der Waals surface area (Å²) in [6.07, 6.45) is -9.48. The molecule has 0 saturated carbocycles. The number of nitrogens with one attached hydrogen (secondary N) is 6. The second kappa shape index (κ2) is 52.7. The van der Waals surface area contributed by atoms with E-state index < -0.39 is 121 Å². The third-order valence-electron chi connectivity index (χ3n) is 13.2. The molecule has 96 heavy (non-hydrogen) atoms. The van der Waals surface area contributed by atoms with E-state index in [9.17, 15) is 52.7 Å². The zero-order valence-electron chi connectivity index (χ0n) is 56.4. The van der Waals surface area contributed by atoms with Crippen molar-refractivity contribution >= 4 is 65.9 Å². The van der Waals surface area contributed by atoms with Gasteiger partial charge in [-0.3, -0.25) is 52.7 Å². The monoisotopic (exact) mass is 1390 g/mol. The van der Waals surface area contributed by atoms with Gasteiger partial charge in [0.25, 0.3) is 6.47 Å². The van der Waals surface area contributed by atoms with Crippen molar-refractivity contribution in [2.45, 2.75) is 141 Å². The van der Waals surface area contributed by atoms with Crippen molar-refractivity contribution in [2.24, 2.45) is 0 Å². The lowest BCUT2D eigenvalue weighted by atomic mass is 9.96. The standard InChI is InChI=1S/C60H102N6O30/c1-9-78-26-27-81-23-15-62-50(74)10-19-84-37-60(66-53(77)13-18-79-28-29-80-22-14-61-8,38-85-20-11-51(75)63-16-24-82-30-32-87-54-34-47(92-44(5)71)56(91-40-67)48(95-54)35-89-42(3)69)39-86-21-12-52(76)64-17-25-83-31-33-88-59-55(65-41(2)68)58(94-46(7)73)57(93-45(6)72)49(96-59)36-90-43(4)70/h40,47-49,54-59,61H,9-39H2,1-8H3,(H,62,74)(H,63,75)(H,64,76)(H,65,68)(H,66,77)/t47?,48?,49-,54?,55+,56?,57?,58?,59?,60?/m1/s1. The minimum atomic E-state index is -1.44. The van der Waals surface area contributed by atoms with Crippen molar-refractivity contribution in [3.05, 3.63) is 0 Å². The molecule has 0 aromatic heterocycles. The van der Waals surface area contributed by atoms with Crippen LogP contribution in [0.4, 0.5) is 0 Å². The van der Waals surface area contributed by atoms with E-state index in [1.165, 1.54) is 20.8 Å². The van der Waals surface area contributed by atoms with E-state index >= 15 is 0 Å². The Labute approximate surface area is 558 Å². The Hall–Kier alpha value is -6.39. The van der Waals surface area contributed by atoms with Crippen molar-refractivity contribution in [1.82, 2.24) is 31.9 Å². The Bertz CT molecular complexity index is 2280. The van der Waals surface area contributed by atoms with Crippen LogP contribution in [0.1, 0.15) is 80.6 Å². The van der Waals surface area contributed by atoms with Crippen molar-refractivity contribution in [2.75, 3.05) is 179 Å². The molecule has 36 nitrogen and oxygen atoms in total. The Morgan fingerprint density at radius 2 is 0.885 bits per heavy atom. The summed E-state index contributed by atoms with van der Waals surface area (Å²) in [7, 11) is 1.80. The quantitative estimate of drug-likeness (QED) is 0.0153. The van der Waals surface area contributed by atoms with E-state index in [1.807, 2.05) is 6.92 Å². The summed E-state index contributed by atoms with van der Waals surface area (Å²) in [4.78, 5) is 135. The highest BCUT2D eigenvalue weighted by molar-refractivity contribution is 5.78. The molecule has 2 aliphatic heterocycles. The summed E-state index contributed by atoms with van der Waals surface area (Å²) >= 11 is 0. The molecule has 6 N–H and O–H groups in total. The summed E-state index contributed by atoms with van der Waals surface area (Å²) in [6.45, 7) is 10.8. The van der Waals surface area contributed by atoms with Crippen LogP contribution >= 0.6 is 0 Å². The van der Waals surface area contributed by atoms with Gasteiger partial charge in [-0.1, -0.05) is 0 Å². The van der Waals surface area contributed by atoms with Gasteiger partial charge in [0, 0.05) is 106 Å². The summed E-state index contributed by atoms with van der Waals surface area (Å²) in [5, 5.41) is 16.7. The van der Waals surface area contributed by atoms with Gasteiger partial charge in [0.2, 0.25) is 29.5 Å². The minimum absolute atomic E-state index is 0.00154. The molecular formula is C60H102N6O30. The van der Waals surface area contributed by atoms with Gasteiger partial charge >= 0.3 is 29.8 Å². The van der Waals surface area contributed by atoms with Crippen molar-refractivity contribution < 1.29 is 143 Å². The maximum absolute atomic E-state index is 13.6. The van der Waals surface area contributed by atoms with Crippen molar-refractivity contribution in [1.29, 1.82) is 0 Å². The fourth-order valence-electron chi connectivity index (χ4n) is 8.97. The van der Waals surface area contributed by atoms with Gasteiger partial charge < -0.3 is 122 Å². The molecule has 2 saturated heterocycles. The average molecular weight is 1390 g/mol. The van der Waals surface area contributed by atoms with Crippen LogP contribution in [0.2, 0.25) is 0 Å². The van der Waals surface area contributed by atoms with E-state index in [2.05, 4.69) is 31.9 Å². The van der Waals surface area contributed by atoms with Gasteiger partial charge in [0.1, 0.15) is 43.1 Å². The van der Waals surface area contributed by atoms with E-state index in [-0.39, 0.29) is 170 Å². The predicted molar refractivity (Wildman–Crippen MR) is 328 cm³/mol. The first kappa shape index (κ1) is 85.7. The zero-order valence-corrected chi connectivity index (χ0v) is 56.4. The summed E-state index contributed by atoms with van der Waals surface area (Å²) in [5.41, 5.74) is -1.44. The Kier molecular flexibility index (Phi) is 47.0. The summed E-state index contributed by atoms with van der Waals surface area (Å²) < 4.78 is 106. The van der Waals surface area contributed by atoms with Crippen LogP contribution in [0.25, 0.3) is 0 Å². The molecule has 8 unspecified atom stereocenters. The third-order valence-corrected chi connectivity index (χ3v) is 13.2. The average Bonchev–Trinajstić information content (AvgIpc) is 0.972. The summed E-state index contributed by atoms with van der Waals surface area (Å²) in [5.74, 6) is -5.63. The topological polar surface area (TPSA) is 435 Å². The van der Waals surface area contributed by atoms with Crippen LogP contribution in [0.5, 0.6) is 0 Å². The molecule has 0 spiro atoms. The van der Waals surface area contributed by atoms with E-state index in [1.54, 1.807) is 7.05 Å². The summed E-state index contributed by atoms with van der Waals surface area (Å²) in [6, 6.07) is -1.18. The molecule has 2 rings (SSSR count). The van der Waals surface area contributed by atoms with Gasteiger partial charge in [0.05, 0.1) is 126 Å². The normalized spacial score (nSPS) is 20.5. The first-order valence-electron chi connectivity index (χ1n) is 31.8. The first-order valence-corrected chi connectivity index (χ1v) is 31.8. The molecule has 552 valence electrons. The lowest BCUT2D eigenvalue weighted by Gasteiger charge is -2.44. The predicted octanol–water partition coefficient (Wildman–Crippen LogP) is -3.02. The molecule has 0 bridgehead atoms. The zero-order chi connectivity index (χ0) is 70.8. The third kappa shape index (κ3) is 41.0. The second-order valence-corrected chi connectivity index (χ2v) is 21.3. The van der Waals surface area contributed by atoms with Crippen LogP contribution < -0.4 is 31.9 Å². The van der Waals surface area contributed by atoms with Gasteiger partial charge in [0.15, 0.2) is 30.9 Å². The smallest absolute Gasteiger partial charge is 0.303 e. The van der Waals surface area contributed by atoms with Crippen LogP contribution in [0.15, 0.2) is 0 Å². The Morgan fingerprint density at radius 1 is 0.458 bits per heavy atom. The molecule has 2 heterocycles. The van der Waals surface area contributed by atoms with E-state index in [0.29, 0.717) is 39.6 Å². The number of ether oxygens (including phenoxy) is 19. The van der Waals surface area contributed by atoms with Crippen LogP contribution in [-0.2, 0) is 143 Å².